The fourth-order valence-corrected chi connectivity index (χ4v) is 7.10. The Morgan fingerprint density at radius 2 is 1.74 bits per heavy atom. The second-order valence-corrected chi connectivity index (χ2v) is 11.4. The quantitative estimate of drug-likeness (QED) is 0.617. The highest BCUT2D eigenvalue weighted by molar-refractivity contribution is 7.92. The van der Waals surface area contributed by atoms with Gasteiger partial charge in [0.2, 0.25) is 10.0 Å². The topological polar surface area (TPSA) is 74.8 Å². The van der Waals surface area contributed by atoms with Gasteiger partial charge in [0, 0.05) is 12.6 Å². The Bertz CT molecular complexity index is 846. The lowest BCUT2D eigenvalue weighted by atomic mass is 10.1. The maximum Gasteiger partial charge on any atom is 0.243 e. The monoisotopic (exact) mass is 416 g/mol. The molecule has 6 nitrogen and oxygen atoms in total. The van der Waals surface area contributed by atoms with E-state index in [0.717, 1.165) is 30.8 Å². The van der Waals surface area contributed by atoms with E-state index in [2.05, 4.69) is 18.7 Å². The number of sulfone groups is 1. The summed E-state index contributed by atoms with van der Waals surface area (Å²) < 4.78 is 52.0. The summed E-state index contributed by atoms with van der Waals surface area (Å²) in [5, 5.41) is 0. The number of hydrogen-bond acceptors (Lipinski definition) is 5. The van der Waals surface area contributed by atoms with Crippen LogP contribution in [-0.4, -0.2) is 69.8 Å². The summed E-state index contributed by atoms with van der Waals surface area (Å²) in [6.45, 7) is 11.0. The normalized spacial score (nSPS) is 19.9. The lowest BCUT2D eigenvalue weighted by molar-refractivity contribution is 0.269. The van der Waals surface area contributed by atoms with Crippen molar-refractivity contribution in [1.82, 2.24) is 9.21 Å². The minimum Gasteiger partial charge on any atom is -0.304 e. The molecule has 1 fully saturated rings. The first kappa shape index (κ1) is 22.3. The number of nitrogens with zero attached hydrogens (tertiary/aromatic N) is 2. The fraction of sp³-hybridized carbons (Fsp3) is 0.684. The first-order chi connectivity index (χ1) is 12.6. The van der Waals surface area contributed by atoms with Gasteiger partial charge in [-0.2, -0.15) is 4.31 Å². The summed E-state index contributed by atoms with van der Waals surface area (Å²) in [6, 6.07) is 4.64. The summed E-state index contributed by atoms with van der Waals surface area (Å²) in [7, 11) is -6.90. The summed E-state index contributed by atoms with van der Waals surface area (Å²) in [5.41, 5.74) is 1.95. The maximum atomic E-state index is 13.3. The molecule has 0 bridgehead atoms. The van der Waals surface area contributed by atoms with Crippen LogP contribution in [0.4, 0.5) is 0 Å². The molecular weight excluding hydrogens is 384 g/mol. The van der Waals surface area contributed by atoms with Crippen LogP contribution in [0, 0.1) is 13.8 Å². The number of aryl methyl sites for hydroxylation is 2. The third kappa shape index (κ3) is 5.53. The highest BCUT2D eigenvalue weighted by atomic mass is 32.2. The van der Waals surface area contributed by atoms with Crippen molar-refractivity contribution in [3.8, 4) is 0 Å². The molecule has 0 aromatic heterocycles. The second-order valence-electron chi connectivity index (χ2n) is 7.30. The van der Waals surface area contributed by atoms with Crippen molar-refractivity contribution < 1.29 is 16.8 Å². The molecule has 1 saturated heterocycles. The molecular formula is C19H32N2O4S2. The van der Waals surface area contributed by atoms with E-state index in [1.54, 1.807) is 12.1 Å². The zero-order chi connectivity index (χ0) is 20.2. The summed E-state index contributed by atoms with van der Waals surface area (Å²) in [6.07, 6.45) is 1.06. The number of sulfonamides is 1. The van der Waals surface area contributed by atoms with Crippen molar-refractivity contribution in [3.05, 3.63) is 29.3 Å². The van der Waals surface area contributed by atoms with Gasteiger partial charge in [-0.3, -0.25) is 0 Å². The Morgan fingerprint density at radius 3 is 2.26 bits per heavy atom. The predicted molar refractivity (Wildman–Crippen MR) is 109 cm³/mol. The average Bonchev–Trinajstić information content (AvgIpc) is 2.96. The molecule has 0 unspecified atom stereocenters. The molecule has 154 valence electrons. The van der Waals surface area contributed by atoms with Gasteiger partial charge in [-0.1, -0.05) is 19.9 Å². The highest BCUT2D eigenvalue weighted by Gasteiger charge is 2.38. The first-order valence-electron chi connectivity index (χ1n) is 9.62. The van der Waals surface area contributed by atoms with Crippen molar-refractivity contribution in [2.75, 3.05) is 37.7 Å². The Labute approximate surface area is 164 Å². The van der Waals surface area contributed by atoms with Gasteiger partial charge in [-0.15, -0.1) is 0 Å². The molecule has 0 saturated carbocycles. The maximum absolute atomic E-state index is 13.3. The smallest absolute Gasteiger partial charge is 0.243 e. The lowest BCUT2D eigenvalue weighted by Crippen LogP contribution is -2.42. The average molecular weight is 417 g/mol. The van der Waals surface area contributed by atoms with Crippen LogP contribution in [0.15, 0.2) is 23.1 Å². The first-order valence-corrected chi connectivity index (χ1v) is 12.9. The van der Waals surface area contributed by atoms with Crippen LogP contribution >= 0.6 is 0 Å². The largest absolute Gasteiger partial charge is 0.304 e. The van der Waals surface area contributed by atoms with Crippen LogP contribution in [0.1, 0.15) is 37.8 Å². The molecule has 1 heterocycles. The van der Waals surface area contributed by atoms with E-state index >= 15 is 0 Å². The Hall–Kier alpha value is -0.960. The molecule has 0 amide bonds. The number of rotatable bonds is 9. The molecule has 1 atom stereocenters. The van der Waals surface area contributed by atoms with Crippen LogP contribution in [-0.2, 0) is 19.9 Å². The molecule has 1 aliphatic heterocycles. The molecule has 27 heavy (non-hydrogen) atoms. The molecule has 1 aromatic carbocycles. The fourth-order valence-electron chi connectivity index (χ4n) is 3.50. The van der Waals surface area contributed by atoms with Crippen molar-refractivity contribution in [2.45, 2.75) is 51.5 Å². The lowest BCUT2D eigenvalue weighted by Gasteiger charge is -2.28. The standard InChI is InChI=1S/C19H32N2O4S2/c1-5-20(6-2)11-7-12-21(18-10-13-26(22,23)15-18)27(24,25)19-9-8-16(3)17(4)14-19/h8-9,14,18H,5-7,10-13,15H2,1-4H3/t18-/m0/s1. The van der Waals surface area contributed by atoms with Crippen LogP contribution in [0.3, 0.4) is 0 Å². The van der Waals surface area contributed by atoms with Gasteiger partial charge in [0.25, 0.3) is 0 Å². The number of benzene rings is 1. The summed E-state index contributed by atoms with van der Waals surface area (Å²) in [5.74, 6) is -0.0188. The SMILES string of the molecule is CCN(CC)CCCN([C@H]1CCS(=O)(=O)C1)S(=O)(=O)c1ccc(C)c(C)c1. The molecule has 1 aromatic rings. The van der Waals surface area contributed by atoms with E-state index < -0.39 is 25.9 Å². The minimum absolute atomic E-state index is 0.0622. The van der Waals surface area contributed by atoms with Gasteiger partial charge in [-0.05, 0) is 69.6 Å². The molecule has 0 aliphatic carbocycles. The van der Waals surface area contributed by atoms with Gasteiger partial charge in [0.05, 0.1) is 16.4 Å². The van der Waals surface area contributed by atoms with Gasteiger partial charge in [0.15, 0.2) is 9.84 Å². The molecule has 2 rings (SSSR count). The molecule has 0 spiro atoms. The van der Waals surface area contributed by atoms with Gasteiger partial charge in [-0.25, -0.2) is 16.8 Å². The van der Waals surface area contributed by atoms with Gasteiger partial charge in [0.1, 0.15) is 0 Å². The van der Waals surface area contributed by atoms with E-state index in [-0.39, 0.29) is 16.4 Å². The summed E-state index contributed by atoms with van der Waals surface area (Å²) >= 11 is 0. The number of hydrogen-bond donors (Lipinski definition) is 0. The zero-order valence-corrected chi connectivity index (χ0v) is 18.4. The van der Waals surface area contributed by atoms with Crippen LogP contribution in [0.2, 0.25) is 0 Å². The highest BCUT2D eigenvalue weighted by Crippen LogP contribution is 2.26. The minimum atomic E-state index is -3.73. The molecule has 0 N–H and O–H groups in total. The third-order valence-electron chi connectivity index (χ3n) is 5.45. The van der Waals surface area contributed by atoms with Crippen molar-refractivity contribution in [1.29, 1.82) is 0 Å². The Morgan fingerprint density at radius 1 is 1.07 bits per heavy atom. The van der Waals surface area contributed by atoms with E-state index in [1.165, 1.54) is 4.31 Å². The van der Waals surface area contributed by atoms with Gasteiger partial charge < -0.3 is 4.90 Å². The third-order valence-corrected chi connectivity index (χ3v) is 9.15. The predicted octanol–water partition coefficient (Wildman–Crippen LogP) is 2.21. The van der Waals surface area contributed by atoms with E-state index in [9.17, 15) is 16.8 Å². The van der Waals surface area contributed by atoms with Gasteiger partial charge >= 0.3 is 0 Å². The van der Waals surface area contributed by atoms with Crippen molar-refractivity contribution in [3.63, 3.8) is 0 Å². The van der Waals surface area contributed by atoms with E-state index in [1.807, 2.05) is 19.9 Å². The van der Waals surface area contributed by atoms with Crippen molar-refractivity contribution >= 4 is 19.9 Å². The molecule has 8 heteroatoms. The Kier molecular flexibility index (Phi) is 7.47. The second kappa shape index (κ2) is 9.03. The van der Waals surface area contributed by atoms with Crippen molar-refractivity contribution in [2.24, 2.45) is 0 Å². The summed E-state index contributed by atoms with van der Waals surface area (Å²) in [4.78, 5) is 2.49. The van der Waals surface area contributed by atoms with E-state index in [0.29, 0.717) is 19.4 Å². The van der Waals surface area contributed by atoms with E-state index in [4.69, 9.17) is 0 Å². The van der Waals surface area contributed by atoms with Crippen LogP contribution in [0.5, 0.6) is 0 Å². The molecule has 0 radical (unpaired) electrons. The Balaban J connectivity index is 2.28. The van der Waals surface area contributed by atoms with Crippen LogP contribution in [0.25, 0.3) is 0 Å². The molecule has 1 aliphatic rings. The van der Waals surface area contributed by atoms with Crippen LogP contribution < -0.4 is 0 Å². The zero-order valence-electron chi connectivity index (χ0n) is 16.8.